The summed E-state index contributed by atoms with van der Waals surface area (Å²) in [5, 5.41) is 9.33. The van der Waals surface area contributed by atoms with E-state index in [0.717, 1.165) is 5.82 Å². The van der Waals surface area contributed by atoms with Gasteiger partial charge in [-0.15, -0.1) is 0 Å². The molecule has 1 aromatic rings. The third-order valence-corrected chi connectivity index (χ3v) is 3.46. The number of ketones is 1. The molecule has 0 amide bonds. The average Bonchev–Trinajstić information content (AvgIpc) is 2.74. The number of ether oxygens (including phenoxy) is 1. The van der Waals surface area contributed by atoms with Crippen molar-refractivity contribution in [3.8, 4) is 0 Å². The van der Waals surface area contributed by atoms with Gasteiger partial charge in [0.15, 0.2) is 5.78 Å². The highest BCUT2D eigenvalue weighted by Crippen LogP contribution is 2.30. The predicted molar refractivity (Wildman–Crippen MR) is 62.0 cm³/mol. The van der Waals surface area contributed by atoms with Gasteiger partial charge in [-0.05, 0) is 6.42 Å². The van der Waals surface area contributed by atoms with Crippen LogP contribution in [0.15, 0.2) is 12.4 Å². The molecule has 1 atom stereocenters. The van der Waals surface area contributed by atoms with Crippen LogP contribution < -0.4 is 0 Å². The van der Waals surface area contributed by atoms with Gasteiger partial charge in [0.1, 0.15) is 11.2 Å². The molecule has 0 aromatic carbocycles. The number of imidazole rings is 1. The second-order valence-electron chi connectivity index (χ2n) is 4.57. The van der Waals surface area contributed by atoms with Crippen LogP contribution >= 0.6 is 0 Å². The maximum Gasteiger partial charge on any atom is 0.319 e. The van der Waals surface area contributed by atoms with Crippen LogP contribution in [0.1, 0.15) is 18.7 Å². The minimum Gasteiger partial charge on any atom is -0.480 e. The van der Waals surface area contributed by atoms with E-state index in [9.17, 15) is 14.7 Å². The van der Waals surface area contributed by atoms with E-state index in [0.29, 0.717) is 13.0 Å². The summed E-state index contributed by atoms with van der Waals surface area (Å²) >= 11 is 0. The molecule has 2 rings (SSSR count). The molecule has 1 aliphatic heterocycles. The lowest BCUT2D eigenvalue weighted by Gasteiger charge is -2.31. The first-order valence-electron chi connectivity index (χ1n) is 5.87. The number of carbonyl (C=O) groups is 2. The molecule has 0 aliphatic carbocycles. The van der Waals surface area contributed by atoms with Crippen LogP contribution in [0.5, 0.6) is 0 Å². The van der Waals surface area contributed by atoms with E-state index in [1.54, 1.807) is 12.4 Å². The first-order chi connectivity index (χ1) is 8.56. The van der Waals surface area contributed by atoms with Crippen LogP contribution in [0.2, 0.25) is 0 Å². The SMILES string of the molecule is Cn1ccnc1CCC1(C(=O)O)COCCC1=O. The highest BCUT2D eigenvalue weighted by Gasteiger charge is 2.47. The number of aryl methyl sites for hydroxylation is 2. The fourth-order valence-electron chi connectivity index (χ4n) is 2.19. The molecule has 1 aliphatic rings. The lowest BCUT2D eigenvalue weighted by molar-refractivity contribution is -0.165. The van der Waals surface area contributed by atoms with Crippen molar-refractivity contribution in [2.24, 2.45) is 12.5 Å². The maximum atomic E-state index is 11.9. The van der Waals surface area contributed by atoms with Crippen LogP contribution in [0, 0.1) is 5.41 Å². The number of carbonyl (C=O) groups excluding carboxylic acids is 1. The van der Waals surface area contributed by atoms with Crippen molar-refractivity contribution in [3.63, 3.8) is 0 Å². The van der Waals surface area contributed by atoms with E-state index in [1.165, 1.54) is 0 Å². The quantitative estimate of drug-likeness (QED) is 0.785. The van der Waals surface area contributed by atoms with Crippen molar-refractivity contribution in [2.45, 2.75) is 19.3 Å². The average molecular weight is 252 g/mol. The molecule has 1 unspecified atom stereocenters. The molecule has 98 valence electrons. The fraction of sp³-hybridized carbons (Fsp3) is 0.583. The molecular weight excluding hydrogens is 236 g/mol. The molecule has 0 radical (unpaired) electrons. The first-order valence-corrected chi connectivity index (χ1v) is 5.87. The number of aliphatic carboxylic acids is 1. The number of Topliss-reactive ketones (excluding diaryl/α,β-unsaturated/α-hetero) is 1. The zero-order chi connectivity index (χ0) is 13.2. The smallest absolute Gasteiger partial charge is 0.319 e. The lowest BCUT2D eigenvalue weighted by atomic mass is 9.77. The van der Waals surface area contributed by atoms with Gasteiger partial charge < -0.3 is 14.4 Å². The third kappa shape index (κ3) is 2.15. The Morgan fingerprint density at radius 2 is 2.44 bits per heavy atom. The van der Waals surface area contributed by atoms with Gasteiger partial charge in [0.25, 0.3) is 0 Å². The van der Waals surface area contributed by atoms with Gasteiger partial charge in [-0.3, -0.25) is 9.59 Å². The largest absolute Gasteiger partial charge is 0.480 e. The second kappa shape index (κ2) is 4.89. The Morgan fingerprint density at radius 3 is 3.00 bits per heavy atom. The minimum atomic E-state index is -1.40. The van der Waals surface area contributed by atoms with Gasteiger partial charge in [0.05, 0.1) is 13.2 Å². The zero-order valence-electron chi connectivity index (χ0n) is 10.3. The number of rotatable bonds is 4. The molecule has 0 bridgehead atoms. The van der Waals surface area contributed by atoms with Crippen molar-refractivity contribution in [2.75, 3.05) is 13.2 Å². The second-order valence-corrected chi connectivity index (χ2v) is 4.57. The van der Waals surface area contributed by atoms with Crippen LogP contribution in [0.4, 0.5) is 0 Å². The van der Waals surface area contributed by atoms with Gasteiger partial charge in [-0.1, -0.05) is 0 Å². The van der Waals surface area contributed by atoms with Crippen molar-refractivity contribution in [1.29, 1.82) is 0 Å². The molecule has 1 saturated heterocycles. The highest BCUT2D eigenvalue weighted by atomic mass is 16.5. The van der Waals surface area contributed by atoms with Crippen LogP contribution in [-0.2, 0) is 27.8 Å². The van der Waals surface area contributed by atoms with Gasteiger partial charge in [0, 0.05) is 32.3 Å². The Hall–Kier alpha value is -1.69. The topological polar surface area (TPSA) is 81.4 Å². The van der Waals surface area contributed by atoms with Crippen molar-refractivity contribution >= 4 is 11.8 Å². The normalized spacial score (nSPS) is 24.2. The van der Waals surface area contributed by atoms with Crippen molar-refractivity contribution in [3.05, 3.63) is 18.2 Å². The number of hydrogen-bond donors (Lipinski definition) is 1. The minimum absolute atomic E-state index is 0.0361. The standard InChI is InChI=1S/C12H16N2O4/c1-14-6-5-13-10(14)2-4-12(11(16)17)8-18-7-3-9(12)15/h5-6H,2-4,7-8H2,1H3,(H,16,17). The van der Waals surface area contributed by atoms with E-state index < -0.39 is 11.4 Å². The summed E-state index contributed by atoms with van der Waals surface area (Å²) in [5.41, 5.74) is -1.40. The van der Waals surface area contributed by atoms with E-state index in [4.69, 9.17) is 4.74 Å². The van der Waals surface area contributed by atoms with Crippen LogP contribution in [-0.4, -0.2) is 39.6 Å². The van der Waals surface area contributed by atoms with Gasteiger partial charge in [-0.2, -0.15) is 0 Å². The predicted octanol–water partition coefficient (Wildman–Crippen LogP) is 0.413. The summed E-state index contributed by atoms with van der Waals surface area (Å²) in [7, 11) is 1.84. The summed E-state index contributed by atoms with van der Waals surface area (Å²) < 4.78 is 7.01. The van der Waals surface area contributed by atoms with E-state index >= 15 is 0 Å². The Labute approximate surface area is 105 Å². The van der Waals surface area contributed by atoms with Gasteiger partial charge in [-0.25, -0.2) is 4.98 Å². The Balaban J connectivity index is 2.14. The van der Waals surface area contributed by atoms with Gasteiger partial charge in [0.2, 0.25) is 0 Å². The number of nitrogens with zero attached hydrogens (tertiary/aromatic N) is 2. The first kappa shape index (κ1) is 12.8. The molecule has 1 fully saturated rings. The van der Waals surface area contributed by atoms with E-state index in [1.807, 2.05) is 11.6 Å². The van der Waals surface area contributed by atoms with E-state index in [2.05, 4.69) is 4.98 Å². The Kier molecular flexibility index (Phi) is 3.47. The van der Waals surface area contributed by atoms with Crippen LogP contribution in [0.3, 0.4) is 0 Å². The Morgan fingerprint density at radius 1 is 1.67 bits per heavy atom. The van der Waals surface area contributed by atoms with Gasteiger partial charge >= 0.3 is 5.97 Å². The molecule has 1 aromatic heterocycles. The van der Waals surface area contributed by atoms with Crippen molar-refractivity contribution < 1.29 is 19.4 Å². The molecular formula is C12H16N2O4. The molecule has 18 heavy (non-hydrogen) atoms. The summed E-state index contributed by atoms with van der Waals surface area (Å²) in [6.07, 6.45) is 4.30. The zero-order valence-corrected chi connectivity index (χ0v) is 10.3. The number of carboxylic acids is 1. The molecule has 6 nitrogen and oxygen atoms in total. The summed E-state index contributed by atoms with van der Waals surface area (Å²) in [5.74, 6) is -0.564. The monoisotopic (exact) mass is 252 g/mol. The summed E-state index contributed by atoms with van der Waals surface area (Å²) in [6.45, 7) is 0.280. The fourth-order valence-corrected chi connectivity index (χ4v) is 2.19. The number of carboxylic acid groups (broad SMARTS) is 1. The number of hydrogen-bond acceptors (Lipinski definition) is 4. The molecule has 6 heteroatoms. The maximum absolute atomic E-state index is 11.9. The molecule has 1 N–H and O–H groups in total. The third-order valence-electron chi connectivity index (χ3n) is 3.46. The van der Waals surface area contributed by atoms with E-state index in [-0.39, 0.29) is 25.2 Å². The molecule has 0 spiro atoms. The van der Waals surface area contributed by atoms with Crippen molar-refractivity contribution in [1.82, 2.24) is 9.55 Å². The number of aromatic nitrogens is 2. The highest BCUT2D eigenvalue weighted by molar-refractivity contribution is 6.03. The molecule has 2 heterocycles. The Bertz CT molecular complexity index is 468. The lowest BCUT2D eigenvalue weighted by Crippen LogP contribution is -2.47. The summed E-state index contributed by atoms with van der Waals surface area (Å²) in [6, 6.07) is 0. The molecule has 0 saturated carbocycles. The summed E-state index contributed by atoms with van der Waals surface area (Å²) in [4.78, 5) is 27.5. The van der Waals surface area contributed by atoms with Crippen LogP contribution in [0.25, 0.3) is 0 Å².